The molecule has 0 heterocycles. The molecule has 0 atom stereocenters. The van der Waals surface area contributed by atoms with Gasteiger partial charge in [0, 0.05) is 11.6 Å². The molecule has 0 aliphatic heterocycles. The smallest absolute Gasteiger partial charge is 0.251 e. The third kappa shape index (κ3) is 5.27. The van der Waals surface area contributed by atoms with E-state index in [0.717, 1.165) is 30.5 Å². The number of hydrogen-bond acceptors (Lipinski definition) is 4. The lowest BCUT2D eigenvalue weighted by Gasteiger charge is -2.10. The summed E-state index contributed by atoms with van der Waals surface area (Å²) in [4.78, 5) is 11.7. The van der Waals surface area contributed by atoms with Crippen LogP contribution in [0.1, 0.15) is 28.8 Å². The van der Waals surface area contributed by atoms with Gasteiger partial charge < -0.3 is 10.1 Å². The van der Waals surface area contributed by atoms with Gasteiger partial charge in [-0.1, -0.05) is 12.1 Å². The molecule has 1 saturated carbocycles. The van der Waals surface area contributed by atoms with Gasteiger partial charge in [-0.3, -0.25) is 4.79 Å². The fraction of sp³-hybridized carbons (Fsp3) is 0.316. The molecule has 2 aromatic rings. The average molecular weight is 392 g/mol. The van der Waals surface area contributed by atoms with Gasteiger partial charge in [0.15, 0.2) is 0 Å². The van der Waals surface area contributed by atoms with E-state index in [2.05, 4.69) is 10.0 Å². The first-order chi connectivity index (χ1) is 12.8. The normalized spacial score (nSPS) is 14.0. The van der Waals surface area contributed by atoms with Gasteiger partial charge in [-0.15, -0.1) is 0 Å². The summed E-state index contributed by atoms with van der Waals surface area (Å²) in [6.45, 7) is 2.43. The van der Waals surface area contributed by atoms with Gasteiger partial charge in [0.2, 0.25) is 10.0 Å². The fourth-order valence-electron chi connectivity index (χ4n) is 2.48. The number of nitrogens with one attached hydrogen (secondary N) is 2. The van der Waals surface area contributed by atoms with E-state index in [9.17, 15) is 17.6 Å². The molecule has 1 aliphatic rings. The fourth-order valence-corrected chi connectivity index (χ4v) is 3.88. The zero-order valence-electron chi connectivity index (χ0n) is 14.9. The van der Waals surface area contributed by atoms with Crippen molar-refractivity contribution in [2.75, 3.05) is 13.2 Å². The van der Waals surface area contributed by atoms with Crippen LogP contribution in [-0.2, 0) is 10.0 Å². The molecule has 2 N–H and O–H groups in total. The first kappa shape index (κ1) is 19.3. The maximum Gasteiger partial charge on any atom is 0.251 e. The van der Waals surface area contributed by atoms with Crippen molar-refractivity contribution in [2.24, 2.45) is 0 Å². The molecule has 0 radical (unpaired) electrons. The third-order valence-electron chi connectivity index (χ3n) is 4.03. The van der Waals surface area contributed by atoms with Crippen LogP contribution < -0.4 is 14.8 Å². The molecule has 1 aliphatic carbocycles. The van der Waals surface area contributed by atoms with E-state index in [-0.39, 0.29) is 24.8 Å². The van der Waals surface area contributed by atoms with Crippen molar-refractivity contribution in [1.29, 1.82) is 0 Å². The van der Waals surface area contributed by atoms with Crippen molar-refractivity contribution in [2.45, 2.75) is 30.7 Å². The minimum atomic E-state index is -3.98. The summed E-state index contributed by atoms with van der Waals surface area (Å²) in [5.41, 5.74) is 1.14. The highest BCUT2D eigenvalue weighted by atomic mass is 32.2. The maximum absolute atomic E-state index is 14.0. The van der Waals surface area contributed by atoms with E-state index in [1.165, 1.54) is 6.07 Å². The highest BCUT2D eigenvalue weighted by Crippen LogP contribution is 2.24. The number of halogens is 1. The van der Waals surface area contributed by atoms with Crippen molar-refractivity contribution in [1.82, 2.24) is 10.0 Å². The molecule has 1 fully saturated rings. The van der Waals surface area contributed by atoms with Crippen molar-refractivity contribution >= 4 is 15.9 Å². The molecule has 8 heteroatoms. The molecule has 0 saturated heterocycles. The quantitative estimate of drug-likeness (QED) is 0.676. The monoisotopic (exact) mass is 392 g/mol. The van der Waals surface area contributed by atoms with Gasteiger partial charge in [0.25, 0.3) is 5.91 Å². The Bertz CT molecular complexity index is 942. The Balaban J connectivity index is 1.58. The zero-order chi connectivity index (χ0) is 19.4. The molecule has 0 bridgehead atoms. The molecule has 0 spiro atoms. The van der Waals surface area contributed by atoms with Crippen LogP contribution in [-0.4, -0.2) is 33.5 Å². The number of sulfonamides is 1. The van der Waals surface area contributed by atoms with Gasteiger partial charge in [-0.25, -0.2) is 17.5 Å². The second kappa shape index (κ2) is 8.06. The van der Waals surface area contributed by atoms with Crippen molar-refractivity contribution < 1.29 is 22.3 Å². The van der Waals surface area contributed by atoms with E-state index in [1.54, 1.807) is 0 Å². The maximum atomic E-state index is 14.0. The van der Waals surface area contributed by atoms with Crippen LogP contribution in [0.15, 0.2) is 47.4 Å². The lowest BCUT2D eigenvalue weighted by atomic mass is 10.2. The second-order valence-corrected chi connectivity index (χ2v) is 8.14. The predicted molar refractivity (Wildman–Crippen MR) is 98.8 cm³/mol. The minimum Gasteiger partial charge on any atom is -0.492 e. The minimum absolute atomic E-state index is 0.0723. The number of carbonyl (C=O) groups is 1. The molecule has 2 aromatic carbocycles. The highest BCUT2D eigenvalue weighted by molar-refractivity contribution is 7.89. The summed E-state index contributed by atoms with van der Waals surface area (Å²) in [6.07, 6.45) is 1.48. The Hall–Kier alpha value is -2.45. The lowest BCUT2D eigenvalue weighted by molar-refractivity contribution is 0.0946. The van der Waals surface area contributed by atoms with E-state index in [0.29, 0.717) is 5.75 Å². The molecule has 27 heavy (non-hydrogen) atoms. The summed E-state index contributed by atoms with van der Waals surface area (Å²) < 4.78 is 46.3. The summed E-state index contributed by atoms with van der Waals surface area (Å²) in [7, 11) is -3.98. The van der Waals surface area contributed by atoms with Crippen LogP contribution in [0.4, 0.5) is 4.39 Å². The van der Waals surface area contributed by atoms with E-state index >= 15 is 0 Å². The van der Waals surface area contributed by atoms with Gasteiger partial charge in [0.05, 0.1) is 6.54 Å². The molecular weight excluding hydrogens is 371 g/mol. The molecule has 0 unspecified atom stereocenters. The number of hydrogen-bond donors (Lipinski definition) is 2. The summed E-state index contributed by atoms with van der Waals surface area (Å²) in [5.74, 6) is -0.682. The predicted octanol–water partition coefficient (Wildman–Crippen LogP) is 2.38. The number of rotatable bonds is 8. The SMILES string of the molecule is Cc1cccc(OCCNC(=O)c2ccc(F)c(S(=O)(=O)NC3CC3)c2)c1. The third-order valence-corrected chi connectivity index (χ3v) is 5.56. The standard InChI is InChI=1S/C19H21FN2O4S/c1-13-3-2-4-16(11-13)26-10-9-21-19(23)14-5-8-17(20)18(12-14)27(24,25)22-15-6-7-15/h2-5,8,11-12,15,22H,6-7,9-10H2,1H3,(H,21,23). The molecule has 3 rings (SSSR count). The van der Waals surface area contributed by atoms with Gasteiger partial charge >= 0.3 is 0 Å². The molecule has 1 amide bonds. The zero-order valence-corrected chi connectivity index (χ0v) is 15.7. The van der Waals surface area contributed by atoms with E-state index in [4.69, 9.17) is 4.74 Å². The summed E-state index contributed by atoms with van der Waals surface area (Å²) in [5, 5.41) is 2.63. The number of benzene rings is 2. The van der Waals surface area contributed by atoms with Crippen molar-refractivity contribution in [3.8, 4) is 5.75 Å². The Morgan fingerprint density at radius 1 is 1.22 bits per heavy atom. The van der Waals surface area contributed by atoms with Crippen LogP contribution >= 0.6 is 0 Å². The second-order valence-electron chi connectivity index (χ2n) is 6.46. The summed E-state index contributed by atoms with van der Waals surface area (Å²) in [6, 6.07) is 10.7. The van der Waals surface area contributed by atoms with Crippen molar-refractivity contribution in [3.05, 3.63) is 59.4 Å². The number of amides is 1. The van der Waals surface area contributed by atoms with Gasteiger partial charge in [-0.05, 0) is 55.7 Å². The van der Waals surface area contributed by atoms with E-state index < -0.39 is 26.6 Å². The Labute approximate surface area is 157 Å². The van der Waals surface area contributed by atoms with Gasteiger partial charge in [0.1, 0.15) is 23.1 Å². The average Bonchev–Trinajstić information content (AvgIpc) is 3.42. The van der Waals surface area contributed by atoms with Gasteiger partial charge in [-0.2, -0.15) is 0 Å². The largest absolute Gasteiger partial charge is 0.492 e. The summed E-state index contributed by atoms with van der Waals surface area (Å²) >= 11 is 0. The Morgan fingerprint density at radius 3 is 2.70 bits per heavy atom. The first-order valence-corrected chi connectivity index (χ1v) is 10.1. The van der Waals surface area contributed by atoms with E-state index in [1.807, 2.05) is 31.2 Å². The Morgan fingerprint density at radius 2 is 2.00 bits per heavy atom. The molecular formula is C19H21FN2O4S. The van der Waals surface area contributed by atoms with Crippen LogP contribution in [0.3, 0.4) is 0 Å². The lowest BCUT2D eigenvalue weighted by Crippen LogP contribution is -2.29. The Kier molecular flexibility index (Phi) is 5.76. The van der Waals surface area contributed by atoms with Crippen LogP contribution in [0, 0.1) is 12.7 Å². The highest BCUT2D eigenvalue weighted by Gasteiger charge is 2.30. The molecule has 6 nitrogen and oxygen atoms in total. The molecule has 0 aromatic heterocycles. The number of carbonyl (C=O) groups excluding carboxylic acids is 1. The van der Waals surface area contributed by atoms with Crippen molar-refractivity contribution in [3.63, 3.8) is 0 Å². The first-order valence-electron chi connectivity index (χ1n) is 8.65. The van der Waals surface area contributed by atoms with Crippen LogP contribution in [0.5, 0.6) is 5.75 Å². The van der Waals surface area contributed by atoms with Crippen LogP contribution in [0.25, 0.3) is 0 Å². The van der Waals surface area contributed by atoms with Crippen LogP contribution in [0.2, 0.25) is 0 Å². The molecule has 144 valence electrons. The number of ether oxygens (including phenoxy) is 1. The topological polar surface area (TPSA) is 84.5 Å². The number of aryl methyl sites for hydroxylation is 1.